The van der Waals surface area contributed by atoms with Crippen LogP contribution in [0.4, 0.5) is 18.0 Å². The van der Waals surface area contributed by atoms with Crippen LogP contribution >= 0.6 is 0 Å². The van der Waals surface area contributed by atoms with Crippen molar-refractivity contribution in [1.82, 2.24) is 4.90 Å². The Kier molecular flexibility index (Phi) is 7.83. The Balaban J connectivity index is 1.86. The van der Waals surface area contributed by atoms with E-state index in [4.69, 9.17) is 13.7 Å². The van der Waals surface area contributed by atoms with E-state index in [0.717, 1.165) is 18.2 Å². The molecule has 1 aliphatic heterocycles. The van der Waals surface area contributed by atoms with Crippen molar-refractivity contribution in [3.8, 4) is 11.5 Å². The van der Waals surface area contributed by atoms with Gasteiger partial charge in [0, 0.05) is 18.7 Å². The standard InChI is InChI=1S/C25H30F3NO6S/c1-16-13-20(17-9-11-29(12-10-17)23(30)34-24(2,3)4)22(33-5)21(14-16)35-36(31,32)19-8-6-7-18(15-19)25(26,27)28/h6-8,13-15,17H,9-12H2,1-5H3. The average Bonchev–Trinajstić information content (AvgIpc) is 2.77. The van der Waals surface area contributed by atoms with Crippen LogP contribution in [0.5, 0.6) is 11.5 Å². The SMILES string of the molecule is COc1c(OS(=O)(=O)c2cccc(C(F)(F)F)c2)cc(C)cc1C1CCN(C(=O)OC(C)(C)C)CC1. The summed E-state index contributed by atoms with van der Waals surface area (Å²) in [5, 5.41) is 0. The number of methoxy groups -OCH3 is 1. The molecule has 0 radical (unpaired) electrons. The fourth-order valence-electron chi connectivity index (χ4n) is 4.04. The van der Waals surface area contributed by atoms with Crippen molar-refractivity contribution in [3.63, 3.8) is 0 Å². The Morgan fingerprint density at radius 2 is 1.69 bits per heavy atom. The molecule has 0 aliphatic carbocycles. The van der Waals surface area contributed by atoms with E-state index in [9.17, 15) is 26.4 Å². The molecule has 11 heteroatoms. The minimum absolute atomic E-state index is 0.0582. The number of carbonyl (C=O) groups is 1. The molecule has 0 aromatic heterocycles. The fourth-order valence-corrected chi connectivity index (χ4v) is 5.02. The largest absolute Gasteiger partial charge is 0.492 e. The van der Waals surface area contributed by atoms with Gasteiger partial charge in [-0.2, -0.15) is 21.6 Å². The summed E-state index contributed by atoms with van der Waals surface area (Å²) < 4.78 is 81.2. The number of nitrogens with zero attached hydrogens (tertiary/aromatic N) is 1. The number of hydrogen-bond donors (Lipinski definition) is 0. The molecule has 1 amide bonds. The topological polar surface area (TPSA) is 82.1 Å². The quantitative estimate of drug-likeness (QED) is 0.448. The highest BCUT2D eigenvalue weighted by Gasteiger charge is 2.33. The molecule has 1 aliphatic rings. The first kappa shape index (κ1) is 27.6. The molecule has 7 nitrogen and oxygen atoms in total. The first-order valence-corrected chi connectivity index (χ1v) is 12.8. The third-order valence-corrected chi connectivity index (χ3v) is 6.90. The van der Waals surface area contributed by atoms with Crippen molar-refractivity contribution in [2.75, 3.05) is 20.2 Å². The molecule has 2 aromatic rings. The van der Waals surface area contributed by atoms with Gasteiger partial charge in [-0.15, -0.1) is 0 Å². The predicted molar refractivity (Wildman–Crippen MR) is 127 cm³/mol. The molecule has 0 bridgehead atoms. The molecule has 1 saturated heterocycles. The van der Waals surface area contributed by atoms with E-state index in [1.54, 1.807) is 32.6 Å². The van der Waals surface area contributed by atoms with Gasteiger partial charge >= 0.3 is 22.4 Å². The van der Waals surface area contributed by atoms with Crippen molar-refractivity contribution in [3.05, 3.63) is 53.1 Å². The van der Waals surface area contributed by atoms with Gasteiger partial charge in [-0.3, -0.25) is 0 Å². The number of benzene rings is 2. The lowest BCUT2D eigenvalue weighted by atomic mass is 9.88. The van der Waals surface area contributed by atoms with Crippen LogP contribution in [0.2, 0.25) is 0 Å². The highest BCUT2D eigenvalue weighted by atomic mass is 32.2. The molecule has 0 spiro atoms. The van der Waals surface area contributed by atoms with E-state index >= 15 is 0 Å². The maximum atomic E-state index is 13.1. The zero-order valence-electron chi connectivity index (χ0n) is 20.8. The number of hydrogen-bond acceptors (Lipinski definition) is 6. The molecule has 0 atom stereocenters. The zero-order chi connectivity index (χ0) is 26.9. The average molecular weight is 530 g/mol. The van der Waals surface area contributed by atoms with Crippen LogP contribution in [0.25, 0.3) is 0 Å². The first-order chi connectivity index (χ1) is 16.6. The molecular weight excluding hydrogens is 499 g/mol. The summed E-state index contributed by atoms with van der Waals surface area (Å²) in [5.74, 6) is 0.0171. The van der Waals surface area contributed by atoms with Crippen LogP contribution in [0.3, 0.4) is 0 Å². The number of aryl methyl sites for hydroxylation is 1. The van der Waals surface area contributed by atoms with Crippen LogP contribution in [0, 0.1) is 6.92 Å². The van der Waals surface area contributed by atoms with Crippen LogP contribution in [-0.4, -0.2) is 45.2 Å². The normalized spacial score (nSPS) is 15.5. The van der Waals surface area contributed by atoms with Crippen LogP contribution in [-0.2, 0) is 21.0 Å². The van der Waals surface area contributed by atoms with Crippen LogP contribution in [0.15, 0.2) is 41.3 Å². The number of likely N-dealkylation sites (tertiary alicyclic amines) is 1. The minimum atomic E-state index is -4.70. The first-order valence-electron chi connectivity index (χ1n) is 11.4. The summed E-state index contributed by atoms with van der Waals surface area (Å²) in [6.45, 7) is 8.02. The second-order valence-corrected chi connectivity index (χ2v) is 11.2. The van der Waals surface area contributed by atoms with Crippen LogP contribution < -0.4 is 8.92 Å². The molecule has 198 valence electrons. The molecule has 0 saturated carbocycles. The number of amides is 1. The Morgan fingerprint density at radius 1 is 1.06 bits per heavy atom. The van der Waals surface area contributed by atoms with E-state index in [2.05, 4.69) is 0 Å². The monoisotopic (exact) mass is 529 g/mol. The maximum absolute atomic E-state index is 13.1. The number of halogens is 3. The van der Waals surface area contributed by atoms with E-state index in [-0.39, 0.29) is 17.4 Å². The highest BCUT2D eigenvalue weighted by molar-refractivity contribution is 7.87. The summed E-state index contributed by atoms with van der Waals surface area (Å²) in [6, 6.07) is 6.69. The van der Waals surface area contributed by atoms with Gasteiger partial charge in [0.05, 0.1) is 12.7 Å². The van der Waals surface area contributed by atoms with E-state index in [1.165, 1.54) is 13.2 Å². The smallest absolute Gasteiger partial charge is 0.416 e. The third-order valence-electron chi connectivity index (χ3n) is 5.67. The summed E-state index contributed by atoms with van der Waals surface area (Å²) in [5.41, 5.74) is -0.309. The van der Waals surface area contributed by atoms with Crippen LogP contribution in [0.1, 0.15) is 56.2 Å². The van der Waals surface area contributed by atoms with Gasteiger partial charge in [-0.25, -0.2) is 4.79 Å². The number of piperidine rings is 1. The van der Waals surface area contributed by atoms with E-state index < -0.39 is 38.4 Å². The Labute approximate surface area is 209 Å². The fraction of sp³-hybridized carbons (Fsp3) is 0.480. The van der Waals surface area contributed by atoms with E-state index in [1.807, 2.05) is 6.07 Å². The lowest BCUT2D eigenvalue weighted by molar-refractivity contribution is -0.137. The van der Waals surface area contributed by atoms with Gasteiger partial charge in [0.15, 0.2) is 11.5 Å². The van der Waals surface area contributed by atoms with Gasteiger partial charge in [0.25, 0.3) is 0 Å². The second kappa shape index (κ2) is 10.2. The number of rotatable bonds is 5. The van der Waals surface area contributed by atoms with Gasteiger partial charge in [0.1, 0.15) is 10.5 Å². The van der Waals surface area contributed by atoms with Crippen molar-refractivity contribution >= 4 is 16.2 Å². The summed E-state index contributed by atoms with van der Waals surface area (Å²) in [7, 11) is -3.21. The van der Waals surface area contributed by atoms with Crippen molar-refractivity contribution in [1.29, 1.82) is 0 Å². The summed E-state index contributed by atoms with van der Waals surface area (Å²) in [6.07, 6.45) is -3.93. The lowest BCUT2D eigenvalue weighted by Gasteiger charge is -2.34. The van der Waals surface area contributed by atoms with Crippen molar-refractivity contribution in [2.24, 2.45) is 0 Å². The molecule has 0 N–H and O–H groups in total. The van der Waals surface area contributed by atoms with Gasteiger partial charge in [-0.05, 0) is 76.3 Å². The Hall–Kier alpha value is -2.95. The van der Waals surface area contributed by atoms with Gasteiger partial charge in [0.2, 0.25) is 0 Å². The second-order valence-electron chi connectivity index (χ2n) is 9.69. The lowest BCUT2D eigenvalue weighted by Crippen LogP contribution is -2.41. The number of alkyl halides is 3. The molecular formula is C25H30F3NO6S. The third kappa shape index (κ3) is 6.63. The summed E-state index contributed by atoms with van der Waals surface area (Å²) in [4.78, 5) is 13.4. The molecule has 36 heavy (non-hydrogen) atoms. The minimum Gasteiger partial charge on any atom is -0.492 e. The molecule has 1 fully saturated rings. The zero-order valence-corrected chi connectivity index (χ0v) is 21.6. The maximum Gasteiger partial charge on any atom is 0.416 e. The van der Waals surface area contributed by atoms with Gasteiger partial charge in [-0.1, -0.05) is 12.1 Å². The molecule has 0 unspecified atom stereocenters. The summed E-state index contributed by atoms with van der Waals surface area (Å²) >= 11 is 0. The number of ether oxygens (including phenoxy) is 2. The number of carbonyl (C=O) groups excluding carboxylic acids is 1. The predicted octanol–water partition coefficient (Wildman–Crippen LogP) is 5.90. The Bertz CT molecular complexity index is 1210. The van der Waals surface area contributed by atoms with Crippen molar-refractivity contribution in [2.45, 2.75) is 63.1 Å². The molecule has 3 rings (SSSR count). The highest BCUT2D eigenvalue weighted by Crippen LogP contribution is 2.42. The molecule has 2 aromatic carbocycles. The Morgan fingerprint density at radius 3 is 2.25 bits per heavy atom. The van der Waals surface area contributed by atoms with Gasteiger partial charge < -0.3 is 18.6 Å². The van der Waals surface area contributed by atoms with E-state index in [0.29, 0.717) is 43.1 Å². The molecule has 1 heterocycles. The van der Waals surface area contributed by atoms with Crippen molar-refractivity contribution < 1.29 is 40.0 Å².